The maximum Gasteiger partial charge on any atom is 0.475 e. The summed E-state index contributed by atoms with van der Waals surface area (Å²) in [5.41, 5.74) is 9.54. The van der Waals surface area contributed by atoms with Crippen molar-refractivity contribution in [3.8, 4) is 5.75 Å². The summed E-state index contributed by atoms with van der Waals surface area (Å²) >= 11 is 0. The van der Waals surface area contributed by atoms with Crippen LogP contribution in [0.4, 0.5) is 0 Å². The number of azide groups is 1. The van der Waals surface area contributed by atoms with Crippen molar-refractivity contribution < 1.29 is 37.5 Å². The van der Waals surface area contributed by atoms with Gasteiger partial charge in [0.1, 0.15) is 12.0 Å². The molecule has 0 aliphatic carbocycles. The molecule has 222 valence electrons. The standard InChI is InChI=1S/C26H28N5O10P/c1-16-12-31(26(35)28-24(16)33)23-11-21(29-30-27)22(41-23)15-40-42(36,39-14-18-5-9-20(32)10-6-18)38-13-17-3-7-19(8-4-17)25(34)37-2/h3-10,12,21-23,32H,11,13-15H2,1-2H3,(H,28,33,35)/t21-,22+,23+,42?/m0/s1. The molecule has 0 radical (unpaired) electrons. The van der Waals surface area contributed by atoms with E-state index in [2.05, 4.69) is 19.7 Å². The lowest BCUT2D eigenvalue weighted by Gasteiger charge is -2.22. The van der Waals surface area contributed by atoms with Crippen LogP contribution < -0.4 is 11.2 Å². The number of aromatic hydroxyl groups is 1. The fraction of sp³-hybridized carbons (Fsp3) is 0.346. The molecule has 2 N–H and O–H groups in total. The predicted molar refractivity (Wildman–Crippen MR) is 147 cm³/mol. The molecule has 15 nitrogen and oxygen atoms in total. The van der Waals surface area contributed by atoms with Gasteiger partial charge >= 0.3 is 19.5 Å². The number of aromatic amines is 1. The zero-order valence-electron chi connectivity index (χ0n) is 22.6. The second-order valence-corrected chi connectivity index (χ2v) is 10.9. The summed E-state index contributed by atoms with van der Waals surface area (Å²) in [5, 5.41) is 13.3. The third kappa shape index (κ3) is 7.74. The van der Waals surface area contributed by atoms with Gasteiger partial charge in [0.05, 0.1) is 44.6 Å². The Bertz CT molecular complexity index is 1620. The maximum absolute atomic E-state index is 13.7. The topological polar surface area (TPSA) is 204 Å². The molecule has 42 heavy (non-hydrogen) atoms. The van der Waals surface area contributed by atoms with Gasteiger partial charge in [-0.2, -0.15) is 0 Å². The number of nitrogens with one attached hydrogen (secondary N) is 1. The minimum Gasteiger partial charge on any atom is -0.508 e. The summed E-state index contributed by atoms with van der Waals surface area (Å²) in [6.45, 7) is 0.718. The Kier molecular flexibility index (Phi) is 9.96. The van der Waals surface area contributed by atoms with Crippen LogP contribution in [-0.2, 0) is 40.8 Å². The van der Waals surface area contributed by atoms with Crippen LogP contribution in [0.1, 0.15) is 39.7 Å². The number of aryl methyl sites for hydroxylation is 1. The summed E-state index contributed by atoms with van der Waals surface area (Å²) in [5.74, 6) is -0.476. The van der Waals surface area contributed by atoms with E-state index in [4.69, 9.17) is 23.8 Å². The average Bonchev–Trinajstić information content (AvgIpc) is 3.39. The molecule has 1 unspecified atom stereocenters. The molecule has 1 fully saturated rings. The van der Waals surface area contributed by atoms with Gasteiger partial charge in [0.2, 0.25) is 0 Å². The number of phosphoric acid groups is 1. The zero-order valence-corrected chi connectivity index (χ0v) is 23.5. The Morgan fingerprint density at radius 3 is 2.33 bits per heavy atom. The SMILES string of the molecule is COC(=O)c1ccc(COP(=O)(OCc2ccc(O)cc2)OC[C@H]2O[C@@H](n3cc(C)c(=O)[nH]c3=O)C[C@@H]2N=[N+]=[N-])cc1. The van der Waals surface area contributed by atoms with Gasteiger partial charge in [0.25, 0.3) is 5.56 Å². The number of phosphoric ester groups is 1. The number of carbonyl (C=O) groups excluding carboxylic acids is 1. The fourth-order valence-electron chi connectivity index (χ4n) is 4.05. The Labute approximate surface area is 238 Å². The summed E-state index contributed by atoms with van der Waals surface area (Å²) in [4.78, 5) is 40.9. The van der Waals surface area contributed by atoms with Gasteiger partial charge in [-0.3, -0.25) is 27.9 Å². The van der Waals surface area contributed by atoms with Gasteiger partial charge < -0.3 is 14.6 Å². The molecular formula is C26H28N5O10P. The minimum atomic E-state index is -4.30. The van der Waals surface area contributed by atoms with Crippen molar-refractivity contribution in [3.05, 3.63) is 108 Å². The number of phenolic OH excluding ortho intramolecular Hbond substituents is 1. The number of carbonyl (C=O) groups is 1. The van der Waals surface area contributed by atoms with Crippen LogP contribution in [0.15, 0.2) is 69.4 Å². The monoisotopic (exact) mass is 601 g/mol. The molecule has 3 aromatic rings. The third-order valence-electron chi connectivity index (χ3n) is 6.35. The van der Waals surface area contributed by atoms with Crippen LogP contribution in [0.5, 0.6) is 5.75 Å². The van der Waals surface area contributed by atoms with Gasteiger partial charge in [-0.15, -0.1) is 0 Å². The lowest BCUT2D eigenvalue weighted by molar-refractivity contribution is -0.0311. The first-order chi connectivity index (χ1) is 20.1. The smallest absolute Gasteiger partial charge is 0.475 e. The molecule has 1 aromatic heterocycles. The third-order valence-corrected chi connectivity index (χ3v) is 7.70. The van der Waals surface area contributed by atoms with Gasteiger partial charge in [-0.1, -0.05) is 29.4 Å². The minimum absolute atomic E-state index is 0.0404. The van der Waals surface area contributed by atoms with E-state index in [1.165, 1.54) is 49.1 Å². The quantitative estimate of drug-likeness (QED) is 0.101. The number of aromatic nitrogens is 2. The molecule has 1 saturated heterocycles. The lowest BCUT2D eigenvalue weighted by atomic mass is 10.1. The average molecular weight is 602 g/mol. The van der Waals surface area contributed by atoms with Gasteiger partial charge in [0.15, 0.2) is 0 Å². The molecular weight excluding hydrogens is 573 g/mol. The van der Waals surface area contributed by atoms with Gasteiger partial charge in [-0.05, 0) is 47.8 Å². The molecule has 2 aromatic carbocycles. The van der Waals surface area contributed by atoms with E-state index in [1.54, 1.807) is 24.3 Å². The number of esters is 1. The molecule has 0 spiro atoms. The largest absolute Gasteiger partial charge is 0.508 e. The maximum atomic E-state index is 13.7. The van der Waals surface area contributed by atoms with E-state index >= 15 is 0 Å². The first kappa shape index (κ1) is 30.7. The van der Waals surface area contributed by atoms with Gasteiger partial charge in [0, 0.05) is 23.1 Å². The molecule has 0 bridgehead atoms. The number of H-pyrrole nitrogens is 1. The highest BCUT2D eigenvalue weighted by Crippen LogP contribution is 2.51. The van der Waals surface area contributed by atoms with E-state index in [0.29, 0.717) is 16.7 Å². The molecule has 1 aliphatic heterocycles. The molecule has 4 atom stereocenters. The highest BCUT2D eigenvalue weighted by Gasteiger charge is 2.39. The molecule has 0 amide bonds. The highest BCUT2D eigenvalue weighted by atomic mass is 31.2. The molecule has 4 rings (SSSR count). The summed E-state index contributed by atoms with van der Waals surface area (Å²) < 4.78 is 42.3. The van der Waals surface area contributed by atoms with E-state index in [0.717, 1.165) is 0 Å². The number of phenols is 1. The number of methoxy groups -OCH3 is 1. The van der Waals surface area contributed by atoms with Crippen LogP contribution >= 0.6 is 7.82 Å². The number of rotatable bonds is 12. The number of hydrogen-bond acceptors (Lipinski definition) is 11. The van der Waals surface area contributed by atoms with Crippen LogP contribution in [0.2, 0.25) is 0 Å². The van der Waals surface area contributed by atoms with Crippen LogP contribution in [-0.4, -0.2) is 46.5 Å². The first-order valence-electron chi connectivity index (χ1n) is 12.6. The number of ether oxygens (including phenoxy) is 2. The van der Waals surface area contributed by atoms with Crippen LogP contribution in [0, 0.1) is 6.92 Å². The summed E-state index contributed by atoms with van der Waals surface area (Å²) in [6, 6.07) is 11.4. The van der Waals surface area contributed by atoms with Crippen molar-refractivity contribution in [3.63, 3.8) is 0 Å². The second kappa shape index (κ2) is 13.6. The Balaban J connectivity index is 1.50. The fourth-order valence-corrected chi connectivity index (χ4v) is 5.22. The van der Waals surface area contributed by atoms with Crippen LogP contribution in [0.25, 0.3) is 10.4 Å². The second-order valence-electron chi connectivity index (χ2n) is 9.26. The number of benzene rings is 2. The van der Waals surface area contributed by atoms with Crippen molar-refractivity contribution in [2.24, 2.45) is 5.11 Å². The Morgan fingerprint density at radius 1 is 1.12 bits per heavy atom. The van der Waals surface area contributed by atoms with Crippen molar-refractivity contribution in [2.45, 2.75) is 44.9 Å². The molecule has 1 aliphatic rings. The van der Waals surface area contributed by atoms with Crippen LogP contribution in [0.3, 0.4) is 0 Å². The van der Waals surface area contributed by atoms with E-state index < -0.39 is 50.0 Å². The Morgan fingerprint density at radius 2 is 1.74 bits per heavy atom. The van der Waals surface area contributed by atoms with E-state index in [-0.39, 0.29) is 30.9 Å². The van der Waals surface area contributed by atoms with Crippen molar-refractivity contribution in [2.75, 3.05) is 13.7 Å². The summed E-state index contributed by atoms with van der Waals surface area (Å²) in [6.07, 6.45) is -0.430. The highest BCUT2D eigenvalue weighted by molar-refractivity contribution is 7.48. The number of nitrogens with zero attached hydrogens (tertiary/aromatic N) is 4. The molecule has 16 heteroatoms. The number of hydrogen-bond donors (Lipinski definition) is 2. The van der Waals surface area contributed by atoms with E-state index in [9.17, 15) is 24.1 Å². The predicted octanol–water partition coefficient (Wildman–Crippen LogP) is 3.86. The lowest BCUT2D eigenvalue weighted by Crippen LogP contribution is -2.33. The van der Waals surface area contributed by atoms with Crippen molar-refractivity contribution in [1.82, 2.24) is 9.55 Å². The zero-order chi connectivity index (χ0) is 30.3. The molecule has 2 heterocycles. The van der Waals surface area contributed by atoms with E-state index in [1.807, 2.05) is 0 Å². The summed E-state index contributed by atoms with van der Waals surface area (Å²) in [7, 11) is -3.03. The first-order valence-corrected chi connectivity index (χ1v) is 14.1. The molecule has 0 saturated carbocycles. The Hall–Kier alpha value is -4.23. The van der Waals surface area contributed by atoms with Gasteiger partial charge in [-0.25, -0.2) is 14.2 Å². The van der Waals surface area contributed by atoms with Crippen molar-refractivity contribution in [1.29, 1.82) is 0 Å². The normalized spacial score (nSPS) is 19.5. The van der Waals surface area contributed by atoms with Crippen molar-refractivity contribution >= 4 is 13.8 Å².